The molecule has 0 bridgehead atoms. The van der Waals surface area contributed by atoms with Crippen LogP contribution in [0.2, 0.25) is 0 Å². The molecule has 1 aromatic carbocycles. The lowest BCUT2D eigenvalue weighted by Gasteiger charge is -2.08. The third-order valence-electron chi connectivity index (χ3n) is 2.47. The van der Waals surface area contributed by atoms with E-state index in [1.807, 2.05) is 0 Å². The van der Waals surface area contributed by atoms with Crippen molar-refractivity contribution in [3.63, 3.8) is 0 Å². The molecule has 100 valence electrons. The van der Waals surface area contributed by atoms with Crippen LogP contribution in [0.3, 0.4) is 0 Å². The number of benzene rings is 1. The Kier molecular flexibility index (Phi) is 3.05. The first-order valence-corrected chi connectivity index (χ1v) is 5.20. The zero-order valence-corrected chi connectivity index (χ0v) is 9.67. The number of carbonyl (C=O) groups excluding carboxylic acids is 1. The highest BCUT2D eigenvalue weighted by Crippen LogP contribution is 2.23. The summed E-state index contributed by atoms with van der Waals surface area (Å²) >= 11 is 0. The molecule has 0 fully saturated rings. The highest BCUT2D eigenvalue weighted by atomic mass is 19.4. The van der Waals surface area contributed by atoms with Gasteiger partial charge in [0.25, 0.3) is 0 Å². The Labute approximate surface area is 104 Å². The highest BCUT2D eigenvalue weighted by Gasteiger charge is 2.38. The summed E-state index contributed by atoms with van der Waals surface area (Å²) < 4.78 is 41.1. The molecule has 19 heavy (non-hydrogen) atoms. The summed E-state index contributed by atoms with van der Waals surface area (Å²) in [5.74, 6) is -2.08. The van der Waals surface area contributed by atoms with Crippen molar-refractivity contribution in [2.24, 2.45) is 0 Å². The lowest BCUT2D eigenvalue weighted by Crippen LogP contribution is -2.29. The third kappa shape index (κ3) is 2.75. The number of hydrogen-bond donors (Lipinski definition) is 1. The van der Waals surface area contributed by atoms with Crippen molar-refractivity contribution in [3.05, 3.63) is 40.2 Å². The van der Waals surface area contributed by atoms with Crippen LogP contribution in [0.25, 0.3) is 11.0 Å². The van der Waals surface area contributed by atoms with E-state index in [0.29, 0.717) is 10.9 Å². The Hall–Kier alpha value is -2.31. The molecule has 1 N–H and O–H groups in total. The Bertz CT molecular complexity index is 703. The molecule has 0 aliphatic heterocycles. The van der Waals surface area contributed by atoms with Crippen molar-refractivity contribution in [3.8, 4) is 0 Å². The van der Waals surface area contributed by atoms with E-state index in [0.717, 1.165) is 0 Å². The van der Waals surface area contributed by atoms with E-state index in [4.69, 9.17) is 4.42 Å². The number of alkyl halides is 3. The van der Waals surface area contributed by atoms with Crippen molar-refractivity contribution < 1.29 is 22.4 Å². The predicted octanol–water partition coefficient (Wildman–Crippen LogP) is 2.60. The monoisotopic (exact) mass is 271 g/mol. The van der Waals surface area contributed by atoms with Gasteiger partial charge >= 0.3 is 17.7 Å². The molecule has 0 spiro atoms. The van der Waals surface area contributed by atoms with E-state index in [9.17, 15) is 22.8 Å². The first-order valence-electron chi connectivity index (χ1n) is 5.20. The predicted molar refractivity (Wildman–Crippen MR) is 61.9 cm³/mol. The van der Waals surface area contributed by atoms with Gasteiger partial charge in [0.1, 0.15) is 5.58 Å². The van der Waals surface area contributed by atoms with Gasteiger partial charge in [-0.25, -0.2) is 4.79 Å². The van der Waals surface area contributed by atoms with Gasteiger partial charge in [0.05, 0.1) is 0 Å². The fourth-order valence-corrected chi connectivity index (χ4v) is 1.60. The van der Waals surface area contributed by atoms with E-state index in [2.05, 4.69) is 0 Å². The van der Waals surface area contributed by atoms with Gasteiger partial charge in [-0.05, 0) is 24.6 Å². The fourth-order valence-electron chi connectivity index (χ4n) is 1.60. The van der Waals surface area contributed by atoms with E-state index in [1.54, 1.807) is 12.2 Å². The lowest BCUT2D eigenvalue weighted by molar-refractivity contribution is -0.167. The maximum absolute atomic E-state index is 12.1. The Morgan fingerprint density at radius 1 is 1.26 bits per heavy atom. The van der Waals surface area contributed by atoms with E-state index >= 15 is 0 Å². The van der Waals surface area contributed by atoms with Crippen LogP contribution < -0.4 is 10.9 Å². The number of hydrogen-bond acceptors (Lipinski definition) is 3. The van der Waals surface area contributed by atoms with Gasteiger partial charge in [-0.1, -0.05) is 0 Å². The average Bonchev–Trinajstić information content (AvgIpc) is 2.26. The summed E-state index contributed by atoms with van der Waals surface area (Å²) in [5, 5.41) is 2.27. The van der Waals surface area contributed by atoms with Crippen molar-refractivity contribution in [2.45, 2.75) is 13.1 Å². The second-order valence-electron chi connectivity index (χ2n) is 3.91. The third-order valence-corrected chi connectivity index (χ3v) is 2.47. The molecular weight excluding hydrogens is 263 g/mol. The topological polar surface area (TPSA) is 59.3 Å². The molecule has 1 amide bonds. The van der Waals surface area contributed by atoms with Gasteiger partial charge in [0.2, 0.25) is 0 Å². The zero-order valence-electron chi connectivity index (χ0n) is 9.67. The van der Waals surface area contributed by atoms with Crippen LogP contribution in [0.4, 0.5) is 18.9 Å². The maximum Gasteiger partial charge on any atom is 0.471 e. The van der Waals surface area contributed by atoms with Crippen molar-refractivity contribution in [1.29, 1.82) is 0 Å². The average molecular weight is 271 g/mol. The number of halogens is 3. The standard InChI is InChI=1S/C12H8F3NO3/c1-6-4-10(17)19-9-5-7(2-3-8(6)9)16-11(18)12(13,14)15/h2-5H,1H3,(H,16,18). The molecule has 0 aliphatic carbocycles. The molecule has 1 aromatic heterocycles. The van der Waals surface area contributed by atoms with Crippen molar-refractivity contribution in [1.82, 2.24) is 0 Å². The number of carbonyl (C=O) groups is 1. The number of anilines is 1. The van der Waals surface area contributed by atoms with Gasteiger partial charge < -0.3 is 9.73 Å². The smallest absolute Gasteiger partial charge is 0.423 e. The van der Waals surface area contributed by atoms with Crippen LogP contribution in [0.1, 0.15) is 5.56 Å². The molecule has 0 saturated heterocycles. The van der Waals surface area contributed by atoms with Crippen LogP contribution in [0.5, 0.6) is 0 Å². The van der Waals surface area contributed by atoms with Gasteiger partial charge in [-0.3, -0.25) is 4.79 Å². The zero-order chi connectivity index (χ0) is 14.2. The molecule has 0 unspecified atom stereocenters. The molecule has 1 heterocycles. The summed E-state index contributed by atoms with van der Waals surface area (Å²) in [6.07, 6.45) is -4.97. The Balaban J connectivity index is 2.42. The summed E-state index contributed by atoms with van der Waals surface area (Å²) in [6, 6.07) is 5.22. The molecule has 0 saturated carbocycles. The molecular formula is C12H8F3NO3. The number of amides is 1. The minimum atomic E-state index is -4.97. The van der Waals surface area contributed by atoms with Gasteiger partial charge in [0.15, 0.2) is 0 Å². The summed E-state index contributed by atoms with van der Waals surface area (Å²) in [6.45, 7) is 1.67. The van der Waals surface area contributed by atoms with E-state index in [-0.39, 0.29) is 11.3 Å². The summed E-state index contributed by atoms with van der Waals surface area (Å²) in [7, 11) is 0. The minimum absolute atomic E-state index is 0.0939. The Morgan fingerprint density at radius 3 is 2.58 bits per heavy atom. The summed E-state index contributed by atoms with van der Waals surface area (Å²) in [5.41, 5.74) is 0.0535. The number of aryl methyl sites for hydroxylation is 1. The fraction of sp³-hybridized carbons (Fsp3) is 0.167. The van der Waals surface area contributed by atoms with Gasteiger partial charge in [-0.2, -0.15) is 13.2 Å². The van der Waals surface area contributed by atoms with Gasteiger partial charge in [-0.15, -0.1) is 0 Å². The highest BCUT2D eigenvalue weighted by molar-refractivity contribution is 5.96. The Morgan fingerprint density at radius 2 is 1.95 bits per heavy atom. The van der Waals surface area contributed by atoms with Crippen LogP contribution in [-0.4, -0.2) is 12.1 Å². The first kappa shape index (κ1) is 13.1. The number of fused-ring (bicyclic) bond motifs is 1. The van der Waals surface area contributed by atoms with Crippen LogP contribution in [0.15, 0.2) is 33.5 Å². The number of rotatable bonds is 1. The van der Waals surface area contributed by atoms with Crippen LogP contribution in [-0.2, 0) is 4.79 Å². The van der Waals surface area contributed by atoms with Crippen LogP contribution >= 0.6 is 0 Å². The molecule has 0 atom stereocenters. The quantitative estimate of drug-likeness (QED) is 0.811. The molecule has 2 rings (SSSR count). The van der Waals surface area contributed by atoms with Crippen LogP contribution in [0, 0.1) is 6.92 Å². The van der Waals surface area contributed by atoms with Gasteiger partial charge in [0, 0.05) is 23.2 Å². The van der Waals surface area contributed by atoms with Crippen molar-refractivity contribution in [2.75, 3.05) is 5.32 Å². The minimum Gasteiger partial charge on any atom is -0.423 e. The summed E-state index contributed by atoms with van der Waals surface area (Å²) in [4.78, 5) is 21.9. The normalized spacial score (nSPS) is 11.6. The molecule has 4 nitrogen and oxygen atoms in total. The largest absolute Gasteiger partial charge is 0.471 e. The second kappa shape index (κ2) is 4.42. The van der Waals surface area contributed by atoms with Crippen molar-refractivity contribution >= 4 is 22.6 Å². The molecule has 0 aliphatic rings. The number of nitrogens with one attached hydrogen (secondary N) is 1. The maximum atomic E-state index is 12.1. The molecule has 7 heteroatoms. The van der Waals surface area contributed by atoms with E-state index < -0.39 is 17.7 Å². The molecule has 0 radical (unpaired) electrons. The molecule has 2 aromatic rings. The first-order chi connectivity index (χ1) is 8.77. The SMILES string of the molecule is Cc1cc(=O)oc2cc(NC(=O)C(F)(F)F)ccc12. The van der Waals surface area contributed by atoms with E-state index in [1.165, 1.54) is 24.3 Å². The second-order valence-corrected chi connectivity index (χ2v) is 3.91. The lowest BCUT2D eigenvalue weighted by atomic mass is 10.1.